The van der Waals surface area contributed by atoms with E-state index in [1.807, 2.05) is 0 Å². The summed E-state index contributed by atoms with van der Waals surface area (Å²) in [6.45, 7) is 0. The highest BCUT2D eigenvalue weighted by atomic mass is 16.5. The third-order valence-electron chi connectivity index (χ3n) is 5.56. The fourth-order valence-electron chi connectivity index (χ4n) is 4.36. The summed E-state index contributed by atoms with van der Waals surface area (Å²) in [5.41, 5.74) is 0. The highest BCUT2D eigenvalue weighted by Crippen LogP contribution is 2.41. The maximum absolute atomic E-state index is 10.4. The van der Waals surface area contributed by atoms with Crippen molar-refractivity contribution in [1.82, 2.24) is 0 Å². The van der Waals surface area contributed by atoms with Gasteiger partial charge in [0.2, 0.25) is 0 Å². The molecule has 0 radical (unpaired) electrons. The van der Waals surface area contributed by atoms with Crippen LogP contribution in [0, 0.1) is 11.8 Å². The van der Waals surface area contributed by atoms with Gasteiger partial charge in [0.05, 0.1) is 42.7 Å². The molecular weight excluding hydrogens is 292 g/mol. The maximum Gasteiger partial charge on any atom is 0.106 e. The predicted molar refractivity (Wildman–Crippen MR) is 74.8 cm³/mol. The normalized spacial score (nSPS) is 56.5. The molecule has 1 heterocycles. The molecule has 3 aliphatic rings. The van der Waals surface area contributed by atoms with E-state index in [4.69, 9.17) is 4.74 Å². The maximum atomic E-state index is 10.4. The number of ether oxygens (including phenoxy) is 1. The van der Waals surface area contributed by atoms with Crippen molar-refractivity contribution < 1.29 is 35.4 Å². The molecule has 0 aromatic carbocycles. The van der Waals surface area contributed by atoms with E-state index in [-0.39, 0.29) is 30.8 Å². The third kappa shape index (κ3) is 3.03. The van der Waals surface area contributed by atoms with Crippen LogP contribution < -0.4 is 0 Å². The van der Waals surface area contributed by atoms with Crippen LogP contribution in [0.1, 0.15) is 32.1 Å². The zero-order valence-electron chi connectivity index (χ0n) is 12.4. The lowest BCUT2D eigenvalue weighted by atomic mass is 9.72. The summed E-state index contributed by atoms with van der Waals surface area (Å²) in [4.78, 5) is 0. The molecule has 0 aromatic rings. The molecule has 22 heavy (non-hydrogen) atoms. The van der Waals surface area contributed by atoms with Crippen LogP contribution in [0.15, 0.2) is 0 Å². The molecule has 0 bridgehead atoms. The number of hydrogen-bond acceptors (Lipinski definition) is 7. The molecule has 6 N–H and O–H groups in total. The summed E-state index contributed by atoms with van der Waals surface area (Å²) in [6.07, 6.45) is -4.60. The van der Waals surface area contributed by atoms with Crippen molar-refractivity contribution in [1.29, 1.82) is 0 Å². The first-order valence-corrected chi connectivity index (χ1v) is 8.10. The quantitative estimate of drug-likeness (QED) is 0.334. The molecule has 128 valence electrons. The van der Waals surface area contributed by atoms with Crippen LogP contribution in [0.2, 0.25) is 0 Å². The van der Waals surface area contributed by atoms with E-state index in [2.05, 4.69) is 0 Å². The average Bonchev–Trinajstić information content (AvgIpc) is 2.44. The van der Waals surface area contributed by atoms with Gasteiger partial charge < -0.3 is 35.4 Å². The Labute approximate surface area is 129 Å². The van der Waals surface area contributed by atoms with E-state index in [1.165, 1.54) is 0 Å². The largest absolute Gasteiger partial charge is 0.393 e. The predicted octanol–water partition coefficient (Wildman–Crippen LogP) is -1.87. The Kier molecular flexibility index (Phi) is 4.76. The molecule has 2 saturated carbocycles. The summed E-state index contributed by atoms with van der Waals surface area (Å²) in [5, 5.41) is 59.5. The molecule has 8 atom stereocenters. The topological polar surface area (TPSA) is 131 Å². The van der Waals surface area contributed by atoms with Gasteiger partial charge in [0.1, 0.15) is 6.10 Å². The van der Waals surface area contributed by atoms with Gasteiger partial charge in [-0.3, -0.25) is 0 Å². The van der Waals surface area contributed by atoms with E-state index >= 15 is 0 Å². The van der Waals surface area contributed by atoms with Crippen LogP contribution in [0.3, 0.4) is 0 Å². The first-order valence-electron chi connectivity index (χ1n) is 8.10. The lowest BCUT2D eigenvalue weighted by molar-refractivity contribution is -0.221. The molecule has 3 fully saturated rings. The zero-order valence-corrected chi connectivity index (χ0v) is 12.4. The number of aliphatic hydroxyl groups is 6. The second-order valence-corrected chi connectivity index (χ2v) is 7.16. The summed E-state index contributed by atoms with van der Waals surface area (Å²) >= 11 is 0. The van der Waals surface area contributed by atoms with Crippen LogP contribution in [0.5, 0.6) is 0 Å². The summed E-state index contributed by atoms with van der Waals surface area (Å²) in [5.74, 6) is -0.459. The van der Waals surface area contributed by atoms with Gasteiger partial charge in [0.15, 0.2) is 0 Å². The molecule has 3 rings (SSSR count). The minimum atomic E-state index is -1.16. The molecule has 7 nitrogen and oxygen atoms in total. The Bertz CT molecular complexity index is 380. The van der Waals surface area contributed by atoms with Gasteiger partial charge in [-0.1, -0.05) is 0 Å². The van der Waals surface area contributed by atoms with Crippen molar-refractivity contribution in [2.45, 2.75) is 80.9 Å². The molecular formula is C15H26O7. The van der Waals surface area contributed by atoms with Gasteiger partial charge in [0, 0.05) is 5.92 Å². The van der Waals surface area contributed by atoms with Gasteiger partial charge in [0.25, 0.3) is 0 Å². The van der Waals surface area contributed by atoms with Crippen molar-refractivity contribution in [2.75, 3.05) is 0 Å². The minimum absolute atomic E-state index is 0.196. The Hall–Kier alpha value is -0.280. The smallest absolute Gasteiger partial charge is 0.106 e. The minimum Gasteiger partial charge on any atom is -0.393 e. The number of fused-ring (bicyclic) bond motifs is 1. The molecule has 0 spiro atoms. The Morgan fingerprint density at radius 2 is 1.27 bits per heavy atom. The summed E-state index contributed by atoms with van der Waals surface area (Å²) in [7, 11) is 0. The van der Waals surface area contributed by atoms with Crippen molar-refractivity contribution in [3.63, 3.8) is 0 Å². The monoisotopic (exact) mass is 318 g/mol. The fourth-order valence-corrected chi connectivity index (χ4v) is 4.36. The zero-order chi connectivity index (χ0) is 16.0. The number of hydrogen-bond donors (Lipinski definition) is 6. The van der Waals surface area contributed by atoms with E-state index < -0.39 is 42.7 Å². The molecule has 1 aliphatic heterocycles. The van der Waals surface area contributed by atoms with Crippen molar-refractivity contribution >= 4 is 0 Å². The lowest BCUT2D eigenvalue weighted by Crippen LogP contribution is -2.57. The van der Waals surface area contributed by atoms with Crippen LogP contribution >= 0.6 is 0 Å². The highest BCUT2D eigenvalue weighted by Gasteiger charge is 2.48. The molecule has 7 heteroatoms. The number of rotatable bonds is 1. The molecule has 0 amide bonds. The first kappa shape index (κ1) is 16.6. The SMILES string of the molecule is OC1CC(O)C2C[C@@H](O)[C@@H](C3CC(O)C(O)C(O)C3)OC2C1. The molecule has 1 saturated heterocycles. The molecule has 6 unspecified atom stereocenters. The second-order valence-electron chi connectivity index (χ2n) is 7.16. The first-order chi connectivity index (χ1) is 10.4. The molecule has 0 aromatic heterocycles. The standard InChI is InChI=1S/C15H26O7/c16-7-3-9(17)8-5-12(20)15(22-13(8)4-7)6-1-10(18)14(21)11(19)2-6/h6-21H,1-5H2/t6?,7?,8?,9?,10?,11?,12-,13?,14?,15-/m1/s1. The van der Waals surface area contributed by atoms with E-state index in [9.17, 15) is 30.6 Å². The van der Waals surface area contributed by atoms with Gasteiger partial charge in [-0.05, 0) is 38.0 Å². The van der Waals surface area contributed by atoms with Crippen LogP contribution in [-0.4, -0.2) is 79.5 Å². The second kappa shape index (κ2) is 6.32. The Balaban J connectivity index is 1.70. The van der Waals surface area contributed by atoms with E-state index in [0.29, 0.717) is 19.3 Å². The summed E-state index contributed by atoms with van der Waals surface area (Å²) < 4.78 is 5.94. The Morgan fingerprint density at radius 3 is 1.91 bits per heavy atom. The van der Waals surface area contributed by atoms with Gasteiger partial charge >= 0.3 is 0 Å². The molecule has 2 aliphatic carbocycles. The van der Waals surface area contributed by atoms with Crippen LogP contribution in [0.25, 0.3) is 0 Å². The summed E-state index contributed by atoms with van der Waals surface area (Å²) in [6, 6.07) is 0. The third-order valence-corrected chi connectivity index (χ3v) is 5.56. The van der Waals surface area contributed by atoms with Gasteiger partial charge in [-0.15, -0.1) is 0 Å². The highest BCUT2D eigenvalue weighted by molar-refractivity contribution is 4.98. The lowest BCUT2D eigenvalue weighted by Gasteiger charge is -2.49. The van der Waals surface area contributed by atoms with Crippen LogP contribution in [0.4, 0.5) is 0 Å². The van der Waals surface area contributed by atoms with Crippen LogP contribution in [-0.2, 0) is 4.74 Å². The van der Waals surface area contributed by atoms with Crippen molar-refractivity contribution in [2.24, 2.45) is 11.8 Å². The van der Waals surface area contributed by atoms with E-state index in [1.54, 1.807) is 0 Å². The van der Waals surface area contributed by atoms with Gasteiger partial charge in [-0.2, -0.15) is 0 Å². The van der Waals surface area contributed by atoms with Crippen molar-refractivity contribution in [3.8, 4) is 0 Å². The van der Waals surface area contributed by atoms with E-state index in [0.717, 1.165) is 0 Å². The average molecular weight is 318 g/mol. The van der Waals surface area contributed by atoms with Gasteiger partial charge in [-0.25, -0.2) is 0 Å². The Morgan fingerprint density at radius 1 is 0.636 bits per heavy atom. The van der Waals surface area contributed by atoms with Crippen molar-refractivity contribution in [3.05, 3.63) is 0 Å². The fraction of sp³-hybridized carbons (Fsp3) is 1.00. The number of aliphatic hydroxyl groups excluding tert-OH is 6.